The van der Waals surface area contributed by atoms with Crippen LogP contribution in [0.15, 0.2) is 29.1 Å². The number of aryl methyl sites for hydroxylation is 2. The third-order valence-corrected chi connectivity index (χ3v) is 6.38. The predicted molar refractivity (Wildman–Crippen MR) is 107 cm³/mol. The molecule has 0 spiro atoms. The summed E-state index contributed by atoms with van der Waals surface area (Å²) in [5.41, 5.74) is 1.60. The minimum atomic E-state index is -0.274. The standard InChI is InChI=1S/C20H18N4O3S/c1-11(25)17-22-24(12-7-9-13(27-2)10-8-12)20-21-18-16(19(26)23(17)20)14-5-3-4-6-15(14)28-18/h7-10H,3-6H2,1-2H3. The van der Waals surface area contributed by atoms with Crippen molar-refractivity contribution in [1.82, 2.24) is 19.2 Å². The molecule has 1 aromatic carbocycles. The van der Waals surface area contributed by atoms with E-state index in [1.54, 1.807) is 35.3 Å². The fourth-order valence-corrected chi connectivity index (χ4v) is 5.08. The number of thiophene rings is 1. The molecule has 3 heterocycles. The van der Waals surface area contributed by atoms with Crippen LogP contribution in [0, 0.1) is 0 Å². The van der Waals surface area contributed by atoms with Gasteiger partial charge in [-0.15, -0.1) is 16.4 Å². The molecule has 8 heteroatoms. The average Bonchev–Trinajstić information content (AvgIpc) is 3.27. The van der Waals surface area contributed by atoms with Crippen LogP contribution in [0.2, 0.25) is 0 Å². The second-order valence-corrected chi connectivity index (χ2v) is 8.02. The Hall–Kier alpha value is -3.00. The quantitative estimate of drug-likeness (QED) is 0.499. The van der Waals surface area contributed by atoms with E-state index in [0.717, 1.165) is 36.1 Å². The van der Waals surface area contributed by atoms with E-state index in [1.165, 1.54) is 16.2 Å². The van der Waals surface area contributed by atoms with Gasteiger partial charge in [-0.05, 0) is 55.5 Å². The van der Waals surface area contributed by atoms with Gasteiger partial charge in [0.2, 0.25) is 11.6 Å². The maximum atomic E-state index is 13.4. The van der Waals surface area contributed by atoms with Crippen molar-refractivity contribution < 1.29 is 9.53 Å². The number of hydrogen-bond donors (Lipinski definition) is 0. The molecule has 28 heavy (non-hydrogen) atoms. The van der Waals surface area contributed by atoms with Gasteiger partial charge in [0.15, 0.2) is 5.78 Å². The summed E-state index contributed by atoms with van der Waals surface area (Å²) < 4.78 is 8.12. The van der Waals surface area contributed by atoms with E-state index in [9.17, 15) is 9.59 Å². The molecule has 1 aliphatic carbocycles. The van der Waals surface area contributed by atoms with Crippen molar-refractivity contribution in [3.05, 3.63) is 50.9 Å². The normalized spacial score (nSPS) is 13.8. The molecule has 0 N–H and O–H groups in total. The van der Waals surface area contributed by atoms with Crippen LogP contribution in [-0.4, -0.2) is 32.1 Å². The zero-order valence-electron chi connectivity index (χ0n) is 15.6. The van der Waals surface area contributed by atoms with E-state index in [2.05, 4.69) is 5.10 Å². The highest BCUT2D eigenvalue weighted by atomic mass is 32.1. The van der Waals surface area contributed by atoms with Crippen molar-refractivity contribution in [3.8, 4) is 11.4 Å². The average molecular weight is 394 g/mol. The lowest BCUT2D eigenvalue weighted by Gasteiger charge is -2.09. The first-order chi connectivity index (χ1) is 13.6. The van der Waals surface area contributed by atoms with Gasteiger partial charge in [0, 0.05) is 11.8 Å². The second kappa shape index (κ2) is 6.27. The molecule has 0 saturated heterocycles. The summed E-state index contributed by atoms with van der Waals surface area (Å²) in [4.78, 5) is 32.4. The predicted octanol–water partition coefficient (Wildman–Crippen LogP) is 3.18. The summed E-state index contributed by atoms with van der Waals surface area (Å²) in [5.74, 6) is 0.891. The number of fused-ring (bicyclic) bond motifs is 4. The maximum Gasteiger partial charge on any atom is 0.269 e. The Morgan fingerprint density at radius 3 is 2.64 bits per heavy atom. The van der Waals surface area contributed by atoms with Crippen molar-refractivity contribution in [2.45, 2.75) is 32.6 Å². The lowest BCUT2D eigenvalue weighted by Crippen LogP contribution is -2.19. The molecule has 4 aromatic rings. The topological polar surface area (TPSA) is 78.5 Å². The Kier molecular flexibility index (Phi) is 3.83. The monoisotopic (exact) mass is 394 g/mol. The summed E-state index contributed by atoms with van der Waals surface area (Å²) in [7, 11) is 1.60. The molecule has 0 atom stereocenters. The first-order valence-corrected chi connectivity index (χ1v) is 10.0. The summed E-state index contributed by atoms with van der Waals surface area (Å²) in [6, 6.07) is 7.26. The highest BCUT2D eigenvalue weighted by Crippen LogP contribution is 2.34. The molecular formula is C20H18N4O3S. The highest BCUT2D eigenvalue weighted by Gasteiger charge is 2.25. The molecule has 7 nitrogen and oxygen atoms in total. The first kappa shape index (κ1) is 17.1. The van der Waals surface area contributed by atoms with E-state index in [0.29, 0.717) is 22.6 Å². The van der Waals surface area contributed by atoms with Crippen LogP contribution < -0.4 is 10.3 Å². The molecule has 0 saturated carbocycles. The van der Waals surface area contributed by atoms with Crippen LogP contribution in [0.4, 0.5) is 0 Å². The Morgan fingerprint density at radius 1 is 1.18 bits per heavy atom. The van der Waals surface area contributed by atoms with Crippen LogP contribution in [0.3, 0.4) is 0 Å². The zero-order chi connectivity index (χ0) is 19.4. The molecule has 142 valence electrons. The smallest absolute Gasteiger partial charge is 0.269 e. The Morgan fingerprint density at radius 2 is 1.93 bits per heavy atom. The van der Waals surface area contributed by atoms with Gasteiger partial charge in [-0.3, -0.25) is 9.59 Å². The van der Waals surface area contributed by atoms with Crippen molar-refractivity contribution >= 4 is 33.1 Å². The molecule has 0 radical (unpaired) electrons. The summed E-state index contributed by atoms with van der Waals surface area (Å²) in [5, 5.41) is 5.07. The van der Waals surface area contributed by atoms with Crippen LogP contribution in [0.1, 0.15) is 40.8 Å². The van der Waals surface area contributed by atoms with Gasteiger partial charge in [-0.2, -0.15) is 4.68 Å². The van der Waals surface area contributed by atoms with Gasteiger partial charge in [0.1, 0.15) is 10.6 Å². The summed E-state index contributed by atoms with van der Waals surface area (Å²) >= 11 is 1.59. The number of hydrogen-bond acceptors (Lipinski definition) is 6. The van der Waals surface area contributed by atoms with Crippen molar-refractivity contribution in [3.63, 3.8) is 0 Å². The Balaban J connectivity index is 1.86. The van der Waals surface area contributed by atoms with Gasteiger partial charge in [0.05, 0.1) is 18.2 Å². The number of aromatic nitrogens is 4. The molecule has 5 rings (SSSR count). The minimum Gasteiger partial charge on any atom is -0.497 e. The lowest BCUT2D eigenvalue weighted by atomic mass is 9.97. The largest absolute Gasteiger partial charge is 0.497 e. The van der Waals surface area contributed by atoms with Gasteiger partial charge in [-0.1, -0.05) is 0 Å². The Labute approximate surface area is 164 Å². The molecule has 0 bridgehead atoms. The van der Waals surface area contributed by atoms with Crippen molar-refractivity contribution in [1.29, 1.82) is 0 Å². The molecule has 0 unspecified atom stereocenters. The fraction of sp³-hybridized carbons (Fsp3) is 0.300. The van der Waals surface area contributed by atoms with Crippen LogP contribution in [0.25, 0.3) is 21.7 Å². The summed E-state index contributed by atoms with van der Waals surface area (Å²) in [6.07, 6.45) is 4.09. The van der Waals surface area contributed by atoms with Crippen LogP contribution in [0.5, 0.6) is 5.75 Å². The number of rotatable bonds is 3. The molecule has 0 fully saturated rings. The second-order valence-electron chi connectivity index (χ2n) is 6.93. The number of carbonyl (C=O) groups is 1. The maximum absolute atomic E-state index is 13.4. The lowest BCUT2D eigenvalue weighted by molar-refractivity contribution is 0.100. The molecule has 0 aliphatic heterocycles. The van der Waals surface area contributed by atoms with Crippen molar-refractivity contribution in [2.24, 2.45) is 0 Å². The molecule has 1 aliphatic rings. The molecule has 3 aromatic heterocycles. The van der Waals surface area contributed by atoms with Gasteiger partial charge in [0.25, 0.3) is 5.56 Å². The van der Waals surface area contributed by atoms with E-state index >= 15 is 0 Å². The SMILES string of the molecule is COc1ccc(-n2nc(C(C)=O)n3c(=O)c4c5c(sc4nc23)CCCC5)cc1. The zero-order valence-corrected chi connectivity index (χ0v) is 16.4. The van der Waals surface area contributed by atoms with Crippen LogP contribution >= 0.6 is 11.3 Å². The van der Waals surface area contributed by atoms with Crippen molar-refractivity contribution in [2.75, 3.05) is 7.11 Å². The minimum absolute atomic E-state index is 0.0981. The number of nitrogens with zero attached hydrogens (tertiary/aromatic N) is 4. The van der Waals surface area contributed by atoms with Gasteiger partial charge < -0.3 is 4.74 Å². The number of Topliss-reactive ketones (excluding diaryl/α,β-unsaturated/α-hetero) is 1. The third kappa shape index (κ3) is 2.41. The number of benzene rings is 1. The van der Waals surface area contributed by atoms with E-state index < -0.39 is 0 Å². The number of ketones is 1. The fourth-order valence-electron chi connectivity index (χ4n) is 3.84. The molecule has 0 amide bonds. The highest BCUT2D eigenvalue weighted by molar-refractivity contribution is 7.18. The van der Waals surface area contributed by atoms with Gasteiger partial charge in [-0.25, -0.2) is 9.38 Å². The molecular weight excluding hydrogens is 376 g/mol. The van der Waals surface area contributed by atoms with E-state index in [-0.39, 0.29) is 17.2 Å². The third-order valence-electron chi connectivity index (χ3n) is 5.20. The first-order valence-electron chi connectivity index (χ1n) is 9.20. The van der Waals surface area contributed by atoms with E-state index in [4.69, 9.17) is 9.72 Å². The van der Waals surface area contributed by atoms with E-state index in [1.807, 2.05) is 12.1 Å². The number of carbonyl (C=O) groups excluding carboxylic acids is 1. The Bertz CT molecular complexity index is 1300. The van der Waals surface area contributed by atoms with Gasteiger partial charge >= 0.3 is 0 Å². The van der Waals surface area contributed by atoms with Crippen LogP contribution in [-0.2, 0) is 12.8 Å². The summed E-state index contributed by atoms with van der Waals surface area (Å²) in [6.45, 7) is 1.42. The number of methoxy groups -OCH3 is 1. The number of ether oxygens (including phenoxy) is 1.